The maximum Gasteiger partial charge on any atom is 0.407 e. The molecule has 1 aliphatic heterocycles. The molecule has 0 saturated carbocycles. The van der Waals surface area contributed by atoms with Crippen molar-refractivity contribution in [1.82, 2.24) is 10.2 Å². The summed E-state index contributed by atoms with van der Waals surface area (Å²) in [6, 6.07) is -0.0845. The predicted octanol–water partition coefficient (Wildman–Crippen LogP) is 11.5. The van der Waals surface area contributed by atoms with E-state index in [2.05, 4.69) is 79.9 Å². The summed E-state index contributed by atoms with van der Waals surface area (Å²) in [4.78, 5) is 39.3. The molecule has 0 bridgehead atoms. The molecule has 1 heterocycles. The van der Waals surface area contributed by atoms with E-state index in [0.717, 1.165) is 103 Å². The number of ether oxygens (including phenoxy) is 3. The molecule has 1 aliphatic rings. The smallest absolute Gasteiger partial charge is 0.407 e. The Morgan fingerprint density at radius 2 is 1.04 bits per heavy atom. The molecule has 0 aromatic rings. The van der Waals surface area contributed by atoms with Gasteiger partial charge in [0.1, 0.15) is 26.5 Å². The SMILES string of the molecule is CC/C=C\C/C=C\C/C=C\CCCCCCCC(=O)OCC(COC(=O)CCCCCCC/C=C\C/C=C\CCCCC)COC(=O)NC1CN(CCF)C1. The zero-order valence-electron chi connectivity index (χ0n) is 34.7. The van der Waals surface area contributed by atoms with Gasteiger partial charge in [0.15, 0.2) is 0 Å². The van der Waals surface area contributed by atoms with Gasteiger partial charge in [0.05, 0.1) is 12.0 Å². The highest BCUT2D eigenvalue weighted by atomic mass is 19.1. The Labute approximate surface area is 334 Å². The van der Waals surface area contributed by atoms with Crippen molar-refractivity contribution in [2.45, 2.75) is 161 Å². The minimum Gasteiger partial charge on any atom is -0.465 e. The van der Waals surface area contributed by atoms with E-state index in [9.17, 15) is 18.8 Å². The van der Waals surface area contributed by atoms with E-state index in [1.165, 1.54) is 25.7 Å². The summed E-state index contributed by atoms with van der Waals surface area (Å²) in [5.74, 6) is -1.06. The third-order valence-corrected chi connectivity index (χ3v) is 9.45. The largest absolute Gasteiger partial charge is 0.465 e. The number of likely N-dealkylation sites (tertiary alicyclic amines) is 1. The average Bonchev–Trinajstić information content (AvgIpc) is 3.16. The number of carbonyl (C=O) groups is 3. The molecule has 9 heteroatoms. The van der Waals surface area contributed by atoms with Crippen LogP contribution in [0, 0.1) is 5.92 Å². The number of halogens is 1. The summed E-state index contributed by atoms with van der Waals surface area (Å²) >= 11 is 0. The van der Waals surface area contributed by atoms with Gasteiger partial charge < -0.3 is 19.5 Å². The third kappa shape index (κ3) is 32.7. The van der Waals surface area contributed by atoms with Gasteiger partial charge in [0.2, 0.25) is 0 Å². The molecule has 314 valence electrons. The molecular formula is C46H77FN2O6. The molecule has 0 aliphatic carbocycles. The van der Waals surface area contributed by atoms with Gasteiger partial charge in [0, 0.05) is 32.5 Å². The van der Waals surface area contributed by atoms with E-state index in [1.54, 1.807) is 0 Å². The minimum atomic E-state index is -0.583. The highest BCUT2D eigenvalue weighted by Crippen LogP contribution is 2.13. The van der Waals surface area contributed by atoms with E-state index in [-0.39, 0.29) is 37.8 Å². The molecule has 1 atom stereocenters. The van der Waals surface area contributed by atoms with E-state index in [0.29, 0.717) is 32.5 Å². The van der Waals surface area contributed by atoms with Crippen molar-refractivity contribution in [1.29, 1.82) is 0 Å². The van der Waals surface area contributed by atoms with E-state index in [1.807, 2.05) is 4.90 Å². The number of nitrogens with zero attached hydrogens (tertiary/aromatic N) is 1. The number of allylic oxidation sites excluding steroid dienone is 10. The van der Waals surface area contributed by atoms with Crippen LogP contribution in [0.25, 0.3) is 0 Å². The second kappa shape index (κ2) is 37.7. The number of hydrogen-bond donors (Lipinski definition) is 1. The number of nitrogens with one attached hydrogen (secondary N) is 1. The van der Waals surface area contributed by atoms with Crippen LogP contribution in [0.3, 0.4) is 0 Å². The second-order valence-electron chi connectivity index (χ2n) is 14.7. The van der Waals surface area contributed by atoms with Gasteiger partial charge >= 0.3 is 18.0 Å². The maximum atomic E-state index is 12.5. The van der Waals surface area contributed by atoms with Gasteiger partial charge in [-0.1, -0.05) is 126 Å². The Hall–Kier alpha value is -3.20. The molecule has 55 heavy (non-hydrogen) atoms. The summed E-state index contributed by atoms with van der Waals surface area (Å²) in [6.45, 7) is 5.45. The fraction of sp³-hybridized carbons (Fsp3) is 0.717. The maximum absolute atomic E-state index is 12.5. The highest BCUT2D eigenvalue weighted by Gasteiger charge is 2.28. The highest BCUT2D eigenvalue weighted by molar-refractivity contribution is 5.70. The molecule has 1 fully saturated rings. The van der Waals surface area contributed by atoms with Crippen LogP contribution < -0.4 is 5.32 Å². The van der Waals surface area contributed by atoms with Crippen LogP contribution in [0.1, 0.15) is 155 Å². The lowest BCUT2D eigenvalue weighted by atomic mass is 10.1. The van der Waals surface area contributed by atoms with Gasteiger partial charge in [-0.15, -0.1) is 0 Å². The van der Waals surface area contributed by atoms with Crippen molar-refractivity contribution < 1.29 is 33.0 Å². The Morgan fingerprint density at radius 1 is 0.600 bits per heavy atom. The summed E-state index contributed by atoms with van der Waals surface area (Å²) in [6.07, 6.45) is 43.8. The van der Waals surface area contributed by atoms with Gasteiger partial charge in [0.25, 0.3) is 0 Å². The van der Waals surface area contributed by atoms with Crippen LogP contribution in [0.5, 0.6) is 0 Å². The third-order valence-electron chi connectivity index (χ3n) is 9.45. The molecule has 1 unspecified atom stereocenters. The van der Waals surface area contributed by atoms with Gasteiger partial charge in [-0.2, -0.15) is 0 Å². The topological polar surface area (TPSA) is 94.2 Å². The first-order valence-corrected chi connectivity index (χ1v) is 21.8. The number of hydrogen-bond acceptors (Lipinski definition) is 7. The lowest BCUT2D eigenvalue weighted by Crippen LogP contribution is -2.59. The van der Waals surface area contributed by atoms with Crippen LogP contribution in [0.15, 0.2) is 60.8 Å². The van der Waals surface area contributed by atoms with Crippen LogP contribution in [0.4, 0.5) is 9.18 Å². The standard InChI is InChI=1S/C46H77FN2O6/c1-3-5-7-9-11-13-15-17-19-21-23-25-27-29-31-33-44(50)53-39-42(41-55-46(52)48-43-37-49(38-43)36-35-47)40-54-45(51)34-32-30-28-26-24-22-20-18-16-14-12-10-8-6-4-2/h5,7,11-14,17-20,42-43H,3-4,6,8-10,15-16,21-41H2,1-2H3,(H,48,52)/b7-5-,13-11-,14-12-,19-17-,20-18-. The second-order valence-corrected chi connectivity index (χ2v) is 14.7. The fourth-order valence-electron chi connectivity index (χ4n) is 6.04. The molecule has 0 radical (unpaired) electrons. The minimum absolute atomic E-state index is 0.00769. The van der Waals surface area contributed by atoms with Crippen LogP contribution in [-0.4, -0.2) is 75.1 Å². The van der Waals surface area contributed by atoms with Crippen molar-refractivity contribution in [2.75, 3.05) is 46.1 Å². The molecule has 0 aromatic carbocycles. The zero-order valence-corrected chi connectivity index (χ0v) is 34.7. The molecule has 8 nitrogen and oxygen atoms in total. The van der Waals surface area contributed by atoms with Gasteiger partial charge in [-0.05, 0) is 77.0 Å². The van der Waals surface area contributed by atoms with Crippen molar-refractivity contribution >= 4 is 18.0 Å². The Bertz CT molecular complexity index is 1100. The van der Waals surface area contributed by atoms with Crippen molar-refractivity contribution in [3.8, 4) is 0 Å². The lowest BCUT2D eigenvalue weighted by molar-refractivity contribution is -0.150. The zero-order chi connectivity index (χ0) is 39.9. The number of esters is 2. The first-order chi connectivity index (χ1) is 27.0. The molecule has 1 N–H and O–H groups in total. The number of alkyl carbamates (subject to hydrolysis) is 1. The first kappa shape index (κ1) is 49.8. The summed E-state index contributed by atoms with van der Waals surface area (Å²) < 4.78 is 29.0. The van der Waals surface area contributed by atoms with E-state index < -0.39 is 18.7 Å². The van der Waals surface area contributed by atoms with Crippen LogP contribution >= 0.6 is 0 Å². The Morgan fingerprint density at radius 3 is 1.53 bits per heavy atom. The van der Waals surface area contributed by atoms with Crippen molar-refractivity contribution in [3.05, 3.63) is 60.8 Å². The Balaban J connectivity index is 2.26. The molecule has 1 saturated heterocycles. The molecule has 0 spiro atoms. The number of alkyl halides is 1. The summed E-state index contributed by atoms with van der Waals surface area (Å²) in [5, 5.41) is 2.78. The monoisotopic (exact) mass is 773 g/mol. The van der Waals surface area contributed by atoms with E-state index in [4.69, 9.17) is 14.2 Å². The quantitative estimate of drug-likeness (QED) is 0.0293. The normalized spacial score (nSPS) is 14.5. The van der Waals surface area contributed by atoms with Crippen molar-refractivity contribution in [2.24, 2.45) is 5.92 Å². The molecule has 0 aromatic heterocycles. The average molecular weight is 773 g/mol. The van der Waals surface area contributed by atoms with Gasteiger partial charge in [-0.25, -0.2) is 9.18 Å². The molecule has 1 rings (SSSR count). The number of amides is 1. The van der Waals surface area contributed by atoms with Gasteiger partial charge in [-0.3, -0.25) is 14.5 Å². The fourth-order valence-corrected chi connectivity index (χ4v) is 6.04. The van der Waals surface area contributed by atoms with Crippen LogP contribution in [-0.2, 0) is 23.8 Å². The van der Waals surface area contributed by atoms with Crippen molar-refractivity contribution in [3.63, 3.8) is 0 Å². The molecule has 1 amide bonds. The molecular weight excluding hydrogens is 696 g/mol. The summed E-state index contributed by atoms with van der Waals surface area (Å²) in [7, 11) is 0. The predicted molar refractivity (Wildman–Crippen MR) is 225 cm³/mol. The lowest BCUT2D eigenvalue weighted by Gasteiger charge is -2.38. The summed E-state index contributed by atoms with van der Waals surface area (Å²) in [5.41, 5.74) is 0. The Kier molecular flexibility index (Phi) is 34.2. The number of unbranched alkanes of at least 4 members (excludes halogenated alkanes) is 13. The first-order valence-electron chi connectivity index (χ1n) is 21.8. The number of rotatable bonds is 36. The number of carbonyl (C=O) groups excluding carboxylic acids is 3. The van der Waals surface area contributed by atoms with E-state index >= 15 is 0 Å². The van der Waals surface area contributed by atoms with Crippen LogP contribution in [0.2, 0.25) is 0 Å².